The van der Waals surface area contributed by atoms with Gasteiger partial charge in [0.1, 0.15) is 0 Å². The van der Waals surface area contributed by atoms with E-state index < -0.39 is 0 Å². The Morgan fingerprint density at radius 1 is 1.41 bits per heavy atom. The normalized spacial score (nSPS) is 11.4. The highest BCUT2D eigenvalue weighted by Gasteiger charge is 2.07. The third-order valence-electron chi connectivity index (χ3n) is 2.39. The molecule has 90 valence electrons. The molecule has 3 nitrogen and oxygen atoms in total. The molecule has 0 aliphatic heterocycles. The fourth-order valence-electron chi connectivity index (χ4n) is 1.45. The first-order chi connectivity index (χ1) is 8.15. The van der Waals surface area contributed by atoms with Gasteiger partial charge in [-0.3, -0.25) is 0 Å². The van der Waals surface area contributed by atoms with Gasteiger partial charge in [-0.15, -0.1) is 6.42 Å². The predicted molar refractivity (Wildman–Crippen MR) is 70.9 cm³/mol. The van der Waals surface area contributed by atoms with E-state index in [4.69, 9.17) is 6.42 Å². The van der Waals surface area contributed by atoms with E-state index in [-0.39, 0.29) is 12.1 Å². The number of anilines is 1. The number of carbonyl (C=O) groups is 1. The molecule has 3 heteroatoms. The second-order valence-electron chi connectivity index (χ2n) is 3.97. The van der Waals surface area contributed by atoms with Gasteiger partial charge in [0.15, 0.2) is 0 Å². The highest BCUT2D eigenvalue weighted by Crippen LogP contribution is 2.08. The van der Waals surface area contributed by atoms with Crippen molar-refractivity contribution in [3.8, 4) is 12.3 Å². The van der Waals surface area contributed by atoms with Gasteiger partial charge in [0.25, 0.3) is 0 Å². The number of aryl methyl sites for hydroxylation is 1. The molecule has 1 aromatic carbocycles. The Morgan fingerprint density at radius 3 is 2.59 bits per heavy atom. The molecule has 2 amide bonds. The van der Waals surface area contributed by atoms with E-state index in [0.717, 1.165) is 24.1 Å². The van der Waals surface area contributed by atoms with Gasteiger partial charge < -0.3 is 10.6 Å². The Kier molecular flexibility index (Phi) is 5.09. The first-order valence-electron chi connectivity index (χ1n) is 5.76. The number of benzene rings is 1. The lowest BCUT2D eigenvalue weighted by Gasteiger charge is -2.13. The van der Waals surface area contributed by atoms with Crippen molar-refractivity contribution >= 4 is 11.7 Å². The molecular formula is C14H18N2O. The first kappa shape index (κ1) is 13.1. The molecule has 0 saturated heterocycles. The predicted octanol–water partition coefficient (Wildman–Crippen LogP) is 2.92. The van der Waals surface area contributed by atoms with Crippen LogP contribution < -0.4 is 10.6 Å². The Morgan fingerprint density at radius 2 is 2.06 bits per heavy atom. The number of amides is 2. The smallest absolute Gasteiger partial charge is 0.320 e. The molecular weight excluding hydrogens is 212 g/mol. The van der Waals surface area contributed by atoms with E-state index in [1.54, 1.807) is 0 Å². The fraction of sp³-hybridized carbons (Fsp3) is 0.357. The lowest BCUT2D eigenvalue weighted by Crippen LogP contribution is -2.36. The van der Waals surface area contributed by atoms with Gasteiger partial charge in [-0.05, 0) is 25.5 Å². The third-order valence-corrected chi connectivity index (χ3v) is 2.39. The largest absolute Gasteiger partial charge is 0.324 e. The van der Waals surface area contributed by atoms with Crippen LogP contribution in [-0.4, -0.2) is 12.1 Å². The summed E-state index contributed by atoms with van der Waals surface area (Å²) in [6.07, 6.45) is 7.06. The van der Waals surface area contributed by atoms with Gasteiger partial charge in [0, 0.05) is 5.69 Å². The first-order valence-corrected chi connectivity index (χ1v) is 5.76. The van der Waals surface area contributed by atoms with Crippen LogP contribution in [0.3, 0.4) is 0 Å². The maximum absolute atomic E-state index is 11.6. The molecule has 1 atom stereocenters. The van der Waals surface area contributed by atoms with E-state index >= 15 is 0 Å². The molecule has 1 aromatic rings. The van der Waals surface area contributed by atoms with Crippen molar-refractivity contribution in [1.29, 1.82) is 0 Å². The Bertz CT molecular complexity index is 403. The van der Waals surface area contributed by atoms with Crippen molar-refractivity contribution in [3.05, 3.63) is 29.8 Å². The summed E-state index contributed by atoms with van der Waals surface area (Å²) in [4.78, 5) is 11.6. The quantitative estimate of drug-likeness (QED) is 0.767. The molecule has 0 aliphatic carbocycles. The van der Waals surface area contributed by atoms with Crippen molar-refractivity contribution in [2.24, 2.45) is 0 Å². The molecule has 1 rings (SSSR count). The van der Waals surface area contributed by atoms with Crippen LogP contribution >= 0.6 is 0 Å². The van der Waals surface area contributed by atoms with Crippen molar-refractivity contribution in [2.75, 3.05) is 5.32 Å². The second-order valence-corrected chi connectivity index (χ2v) is 3.97. The second kappa shape index (κ2) is 6.59. The summed E-state index contributed by atoms with van der Waals surface area (Å²) in [7, 11) is 0. The minimum absolute atomic E-state index is 0.203. The molecule has 0 bridgehead atoms. The van der Waals surface area contributed by atoms with Gasteiger partial charge in [0.05, 0.1) is 6.04 Å². The standard InChI is InChI=1S/C14H18N2O/c1-4-6-12(5-2)15-14(17)16-13-9-7-11(3)8-10-13/h2,7-10,12H,4,6H2,1,3H3,(H2,15,16,17). The zero-order valence-electron chi connectivity index (χ0n) is 10.3. The highest BCUT2D eigenvalue weighted by molar-refractivity contribution is 5.89. The number of nitrogens with one attached hydrogen (secondary N) is 2. The number of terminal acetylenes is 1. The van der Waals surface area contributed by atoms with Gasteiger partial charge >= 0.3 is 6.03 Å². The Hall–Kier alpha value is -1.95. The third kappa shape index (κ3) is 4.60. The monoisotopic (exact) mass is 230 g/mol. The summed E-state index contributed by atoms with van der Waals surface area (Å²) in [5.74, 6) is 2.56. The topological polar surface area (TPSA) is 41.1 Å². The number of rotatable bonds is 4. The van der Waals surface area contributed by atoms with Crippen LogP contribution in [0.5, 0.6) is 0 Å². The molecule has 0 fully saturated rings. The number of hydrogen-bond acceptors (Lipinski definition) is 1. The summed E-state index contributed by atoms with van der Waals surface area (Å²) < 4.78 is 0. The maximum atomic E-state index is 11.6. The van der Waals surface area contributed by atoms with Crippen molar-refractivity contribution in [1.82, 2.24) is 5.32 Å². The van der Waals surface area contributed by atoms with Gasteiger partial charge in [-0.25, -0.2) is 4.79 Å². The van der Waals surface area contributed by atoms with Crippen LogP contribution in [0.25, 0.3) is 0 Å². The summed E-state index contributed by atoms with van der Waals surface area (Å²) in [5.41, 5.74) is 1.92. The van der Waals surface area contributed by atoms with Crippen LogP contribution in [0, 0.1) is 19.3 Å². The van der Waals surface area contributed by atoms with Crippen LogP contribution in [0.15, 0.2) is 24.3 Å². The maximum Gasteiger partial charge on any atom is 0.320 e. The average Bonchev–Trinajstić information content (AvgIpc) is 2.31. The van der Waals surface area contributed by atoms with Gasteiger partial charge in [-0.1, -0.05) is 37.0 Å². The zero-order valence-corrected chi connectivity index (χ0v) is 10.3. The molecule has 0 saturated carbocycles. The molecule has 17 heavy (non-hydrogen) atoms. The number of hydrogen-bond donors (Lipinski definition) is 2. The lowest BCUT2D eigenvalue weighted by molar-refractivity contribution is 0.250. The summed E-state index contributed by atoms with van der Waals surface area (Å²) in [5, 5.41) is 5.49. The fourth-order valence-corrected chi connectivity index (χ4v) is 1.45. The van der Waals surface area contributed by atoms with E-state index in [2.05, 4.69) is 16.6 Å². The van der Waals surface area contributed by atoms with Crippen molar-refractivity contribution in [3.63, 3.8) is 0 Å². The average molecular weight is 230 g/mol. The number of urea groups is 1. The zero-order chi connectivity index (χ0) is 12.7. The van der Waals surface area contributed by atoms with Gasteiger partial charge in [-0.2, -0.15) is 0 Å². The van der Waals surface area contributed by atoms with Crippen LogP contribution in [-0.2, 0) is 0 Å². The molecule has 0 radical (unpaired) electrons. The molecule has 1 unspecified atom stereocenters. The van der Waals surface area contributed by atoms with Crippen LogP contribution in [0.4, 0.5) is 10.5 Å². The molecule has 0 aromatic heterocycles. The van der Waals surface area contributed by atoms with E-state index in [9.17, 15) is 4.79 Å². The highest BCUT2D eigenvalue weighted by atomic mass is 16.2. The molecule has 2 N–H and O–H groups in total. The Balaban J connectivity index is 2.49. The summed E-state index contributed by atoms with van der Waals surface area (Å²) >= 11 is 0. The summed E-state index contributed by atoms with van der Waals surface area (Å²) in [6.45, 7) is 4.03. The van der Waals surface area contributed by atoms with Crippen LogP contribution in [0.2, 0.25) is 0 Å². The van der Waals surface area contributed by atoms with E-state index in [0.29, 0.717) is 0 Å². The van der Waals surface area contributed by atoms with Crippen molar-refractivity contribution in [2.45, 2.75) is 32.7 Å². The van der Waals surface area contributed by atoms with E-state index in [1.807, 2.05) is 38.1 Å². The SMILES string of the molecule is C#CC(CCC)NC(=O)Nc1ccc(C)cc1. The minimum Gasteiger partial charge on any atom is -0.324 e. The molecule has 0 heterocycles. The molecule has 0 aliphatic rings. The number of carbonyl (C=O) groups excluding carboxylic acids is 1. The molecule has 0 spiro atoms. The Labute approximate surface area is 103 Å². The lowest BCUT2D eigenvalue weighted by atomic mass is 10.2. The minimum atomic E-state index is -0.259. The van der Waals surface area contributed by atoms with E-state index in [1.165, 1.54) is 0 Å². The summed E-state index contributed by atoms with van der Waals surface area (Å²) in [6, 6.07) is 7.15. The van der Waals surface area contributed by atoms with Crippen LogP contribution in [0.1, 0.15) is 25.3 Å². The van der Waals surface area contributed by atoms with Crippen molar-refractivity contribution < 1.29 is 4.79 Å². The van der Waals surface area contributed by atoms with Gasteiger partial charge in [0.2, 0.25) is 0 Å².